The van der Waals surface area contributed by atoms with Crippen LogP contribution in [0.25, 0.3) is 0 Å². The molecule has 47 heavy (non-hydrogen) atoms. The smallest absolute Gasteiger partial charge is 0.154 e. The van der Waals surface area contributed by atoms with Crippen molar-refractivity contribution in [3.63, 3.8) is 0 Å². The Bertz CT molecular complexity index is 543. The molecule has 0 aliphatic rings. The van der Waals surface area contributed by atoms with Gasteiger partial charge >= 0.3 is 0 Å². The number of rotatable bonds is 41. The highest BCUT2D eigenvalue weighted by atomic mass is 16.6. The van der Waals surface area contributed by atoms with E-state index in [2.05, 4.69) is 25.7 Å². The first-order valence-corrected chi connectivity index (χ1v) is 21.8. The molecule has 0 radical (unpaired) electrons. The van der Waals surface area contributed by atoms with Crippen LogP contribution in [0.4, 0.5) is 0 Å². The largest absolute Gasteiger partial charge is 0.396 e. The minimum Gasteiger partial charge on any atom is -0.396 e. The lowest BCUT2D eigenvalue weighted by molar-refractivity contribution is -0.144. The molecule has 0 fully saturated rings. The Morgan fingerprint density at radius 2 is 0.681 bits per heavy atom. The summed E-state index contributed by atoms with van der Waals surface area (Å²) < 4.78 is 6.24. The van der Waals surface area contributed by atoms with Crippen molar-refractivity contribution < 1.29 is 14.9 Å². The van der Waals surface area contributed by atoms with Crippen LogP contribution in [0.1, 0.15) is 239 Å². The lowest BCUT2D eigenvalue weighted by atomic mass is 10.0. The second-order valence-corrected chi connectivity index (χ2v) is 15.0. The fraction of sp³-hybridized carbons (Fsp3) is 1.00. The Labute approximate surface area is 297 Å². The summed E-state index contributed by atoms with van der Waals surface area (Å²) in [6, 6.07) is 0. The lowest BCUT2D eigenvalue weighted by Gasteiger charge is -2.22. The molecule has 0 aromatic carbocycles. The molecule has 0 aromatic rings. The Balaban J connectivity index is 4.09. The molecule has 0 saturated heterocycles. The lowest BCUT2D eigenvalue weighted by Crippen LogP contribution is -2.27. The van der Waals surface area contributed by atoms with E-state index in [-0.39, 0.29) is 6.10 Å². The molecule has 0 amide bonds. The molecule has 0 rings (SSSR count). The van der Waals surface area contributed by atoms with E-state index < -0.39 is 6.29 Å². The van der Waals surface area contributed by atoms with Gasteiger partial charge in [0.15, 0.2) is 6.29 Å². The van der Waals surface area contributed by atoms with Crippen molar-refractivity contribution in [2.24, 2.45) is 0 Å². The van der Waals surface area contributed by atoms with Gasteiger partial charge in [-0.1, -0.05) is 188 Å². The first-order chi connectivity index (χ1) is 23.2. The van der Waals surface area contributed by atoms with E-state index in [1.54, 1.807) is 0 Å². The van der Waals surface area contributed by atoms with Gasteiger partial charge in [0.2, 0.25) is 0 Å². The number of aliphatic hydroxyl groups excluding tert-OH is 2. The first-order valence-electron chi connectivity index (χ1n) is 21.8. The summed E-state index contributed by atoms with van der Waals surface area (Å²) in [5, 5.41) is 20.0. The molecule has 1 unspecified atom stereocenters. The topological polar surface area (TPSA) is 52.9 Å². The molecule has 0 saturated carbocycles. The van der Waals surface area contributed by atoms with Gasteiger partial charge < -0.3 is 19.8 Å². The number of ether oxygens (including phenoxy) is 1. The van der Waals surface area contributed by atoms with Crippen LogP contribution in [-0.2, 0) is 4.74 Å². The minimum atomic E-state index is -0.585. The summed E-state index contributed by atoms with van der Waals surface area (Å²) in [6.45, 7) is 10.7. The van der Waals surface area contributed by atoms with Crippen molar-refractivity contribution in [2.75, 3.05) is 26.2 Å². The summed E-state index contributed by atoms with van der Waals surface area (Å²) in [4.78, 5) is 2.66. The highest BCUT2D eigenvalue weighted by Crippen LogP contribution is 2.20. The third-order valence-corrected chi connectivity index (χ3v) is 10.2. The zero-order valence-corrected chi connectivity index (χ0v) is 32.8. The highest BCUT2D eigenvalue weighted by Gasteiger charge is 2.14. The Kier molecular flexibility index (Phi) is 40.1. The summed E-state index contributed by atoms with van der Waals surface area (Å²) in [5.74, 6) is 0. The number of nitrogens with zero attached hydrogens (tertiary/aromatic N) is 1. The van der Waals surface area contributed by atoms with Crippen LogP contribution in [0, 0.1) is 0 Å². The van der Waals surface area contributed by atoms with Crippen molar-refractivity contribution in [1.82, 2.24) is 4.90 Å². The van der Waals surface area contributed by atoms with Crippen LogP contribution >= 0.6 is 0 Å². The molecule has 284 valence electrons. The number of hydrogen-bond acceptors (Lipinski definition) is 4. The monoisotopic (exact) mass is 668 g/mol. The van der Waals surface area contributed by atoms with Crippen LogP contribution in [0.2, 0.25) is 0 Å². The maximum Gasteiger partial charge on any atom is 0.154 e. The zero-order valence-electron chi connectivity index (χ0n) is 32.8. The van der Waals surface area contributed by atoms with Crippen molar-refractivity contribution in [3.05, 3.63) is 0 Å². The van der Waals surface area contributed by atoms with E-state index in [0.717, 1.165) is 45.1 Å². The Morgan fingerprint density at radius 3 is 1.04 bits per heavy atom. The zero-order chi connectivity index (χ0) is 34.3. The quantitative estimate of drug-likeness (QED) is 0.0503. The second kappa shape index (κ2) is 40.3. The first kappa shape index (κ1) is 46.8. The molecule has 0 aromatic heterocycles. The van der Waals surface area contributed by atoms with Gasteiger partial charge in [-0.3, -0.25) is 0 Å². The van der Waals surface area contributed by atoms with Crippen LogP contribution in [0.3, 0.4) is 0 Å². The number of unbranched alkanes of at least 4 members (excludes halogenated alkanes) is 26. The molecular formula is C43H89NO3. The highest BCUT2D eigenvalue weighted by molar-refractivity contribution is 4.63. The molecule has 4 nitrogen and oxygen atoms in total. The van der Waals surface area contributed by atoms with Crippen molar-refractivity contribution in [1.29, 1.82) is 0 Å². The number of hydrogen-bond donors (Lipinski definition) is 2. The van der Waals surface area contributed by atoms with E-state index in [9.17, 15) is 10.2 Å². The fourth-order valence-electron chi connectivity index (χ4n) is 7.02. The SMILES string of the molecule is CCCCCCCCCCCCCCN(CCCCO)CCCCCCCC(O)OC(CCCCCCCC)CCCCCCCC. The Hall–Kier alpha value is -0.160. The van der Waals surface area contributed by atoms with Crippen molar-refractivity contribution >= 4 is 0 Å². The van der Waals surface area contributed by atoms with Gasteiger partial charge in [-0.2, -0.15) is 0 Å². The normalized spacial score (nSPS) is 12.6. The third kappa shape index (κ3) is 36.9. The van der Waals surface area contributed by atoms with Gasteiger partial charge in [0.25, 0.3) is 0 Å². The van der Waals surface area contributed by atoms with E-state index in [1.807, 2.05) is 0 Å². The molecule has 1 atom stereocenters. The van der Waals surface area contributed by atoms with Gasteiger partial charge in [-0.15, -0.1) is 0 Å². The van der Waals surface area contributed by atoms with Crippen LogP contribution in [0.5, 0.6) is 0 Å². The average molecular weight is 668 g/mol. The summed E-state index contributed by atoms with van der Waals surface area (Å²) in [6.07, 6.45) is 43.6. The minimum absolute atomic E-state index is 0.240. The van der Waals surface area contributed by atoms with E-state index >= 15 is 0 Å². The average Bonchev–Trinajstić information content (AvgIpc) is 3.07. The predicted octanol–water partition coefficient (Wildman–Crippen LogP) is 13.3. The Morgan fingerprint density at radius 1 is 0.383 bits per heavy atom. The molecule has 0 bridgehead atoms. The van der Waals surface area contributed by atoms with E-state index in [4.69, 9.17) is 4.74 Å². The van der Waals surface area contributed by atoms with E-state index in [0.29, 0.717) is 6.61 Å². The van der Waals surface area contributed by atoms with E-state index in [1.165, 1.54) is 193 Å². The summed E-state index contributed by atoms with van der Waals surface area (Å²) in [7, 11) is 0. The molecule has 0 heterocycles. The van der Waals surface area contributed by atoms with Gasteiger partial charge in [0, 0.05) is 6.61 Å². The van der Waals surface area contributed by atoms with Crippen molar-refractivity contribution in [2.45, 2.75) is 251 Å². The summed E-state index contributed by atoms with van der Waals surface area (Å²) >= 11 is 0. The molecule has 2 N–H and O–H groups in total. The van der Waals surface area contributed by atoms with Crippen LogP contribution in [-0.4, -0.2) is 53.7 Å². The summed E-state index contributed by atoms with van der Waals surface area (Å²) in [5.41, 5.74) is 0. The third-order valence-electron chi connectivity index (χ3n) is 10.2. The van der Waals surface area contributed by atoms with Gasteiger partial charge in [-0.05, 0) is 71.0 Å². The molecule has 4 heteroatoms. The molecule has 0 aliphatic carbocycles. The fourth-order valence-corrected chi connectivity index (χ4v) is 7.02. The van der Waals surface area contributed by atoms with Crippen LogP contribution in [0.15, 0.2) is 0 Å². The van der Waals surface area contributed by atoms with Gasteiger partial charge in [0.1, 0.15) is 0 Å². The maximum absolute atomic E-state index is 10.7. The van der Waals surface area contributed by atoms with Gasteiger partial charge in [-0.25, -0.2) is 0 Å². The number of aliphatic hydroxyl groups is 2. The molecule has 0 aliphatic heterocycles. The predicted molar refractivity (Wildman–Crippen MR) is 208 cm³/mol. The molecular weight excluding hydrogens is 578 g/mol. The maximum atomic E-state index is 10.7. The second-order valence-electron chi connectivity index (χ2n) is 15.0. The molecule has 0 spiro atoms. The van der Waals surface area contributed by atoms with Crippen LogP contribution < -0.4 is 0 Å². The van der Waals surface area contributed by atoms with Gasteiger partial charge in [0.05, 0.1) is 6.10 Å². The standard InChI is InChI=1S/C43H89NO3/c1-4-7-10-13-16-17-18-19-20-21-26-31-38-44(40-33-34-41-45)39-32-27-22-25-30-37-43(46)47-42(35-28-23-14-11-8-5-2)36-29-24-15-12-9-6-3/h42-43,45-46H,4-41H2,1-3H3. The van der Waals surface area contributed by atoms with Crippen molar-refractivity contribution in [3.8, 4) is 0 Å².